The van der Waals surface area contributed by atoms with Crippen molar-refractivity contribution in [1.82, 2.24) is 0 Å². The summed E-state index contributed by atoms with van der Waals surface area (Å²) in [5.41, 5.74) is 5.65. The first-order chi connectivity index (χ1) is 11.8. The number of aryl methyl sites for hydroxylation is 1. The molecule has 158 valence electrons. The molecule has 0 saturated carbocycles. The summed E-state index contributed by atoms with van der Waals surface area (Å²) < 4.78 is 8.05. The fourth-order valence-corrected chi connectivity index (χ4v) is 8.41. The van der Waals surface area contributed by atoms with Crippen molar-refractivity contribution in [3.05, 3.63) is 44.4 Å². The predicted octanol–water partition coefficient (Wildman–Crippen LogP) is 7.16. The quantitative estimate of drug-likeness (QED) is 0.418. The van der Waals surface area contributed by atoms with Crippen molar-refractivity contribution in [2.45, 2.75) is 73.5 Å². The molecular weight excluding hydrogens is 439 g/mol. The van der Waals surface area contributed by atoms with Gasteiger partial charge < -0.3 is 0 Å². The number of hydrogen-bond acceptors (Lipinski definition) is 1. The Hall–Kier alpha value is -0.119. The van der Waals surface area contributed by atoms with Crippen molar-refractivity contribution >= 4 is 42.9 Å². The molecule has 1 aliphatic carbocycles. The van der Waals surface area contributed by atoms with Crippen LogP contribution in [-0.4, -0.2) is 12.9 Å². The first kappa shape index (κ1) is 27.9. The van der Waals surface area contributed by atoms with Gasteiger partial charge in [-0.05, 0) is 0 Å². The van der Waals surface area contributed by atoms with Gasteiger partial charge in [0, 0.05) is 0 Å². The van der Waals surface area contributed by atoms with E-state index in [2.05, 4.69) is 91.5 Å². The molecule has 5 heteroatoms. The Morgan fingerprint density at radius 3 is 1.93 bits per heavy atom. The average molecular weight is 477 g/mol. The zero-order valence-electron chi connectivity index (χ0n) is 19.2. The molecule has 0 N–H and O–H groups in total. The first-order valence-electron chi connectivity index (χ1n) is 9.65. The Bertz CT molecular complexity index is 816. The molecule has 0 fully saturated rings. The topological polar surface area (TPSA) is 9.23 Å². The van der Waals surface area contributed by atoms with Gasteiger partial charge in [-0.1, -0.05) is 0 Å². The molecule has 1 aliphatic rings. The van der Waals surface area contributed by atoms with Gasteiger partial charge in [0.1, 0.15) is 0 Å². The SMILES string of the molecule is Cl.Cl.[CH2]=[Ti]([O]c1cc(C)cc([Si](C)(C)C(C)(C)C)c1)[C]1=C(C)C(C)=C(C)C1C. The molecule has 28 heavy (non-hydrogen) atoms. The monoisotopic (exact) mass is 476 g/mol. The van der Waals surface area contributed by atoms with Gasteiger partial charge in [0.15, 0.2) is 0 Å². The second kappa shape index (κ2) is 9.79. The van der Waals surface area contributed by atoms with Crippen LogP contribution >= 0.6 is 24.8 Å². The second-order valence-electron chi connectivity index (χ2n) is 9.50. The summed E-state index contributed by atoms with van der Waals surface area (Å²) >= 11 is -2.02. The third kappa shape index (κ3) is 5.32. The van der Waals surface area contributed by atoms with Gasteiger partial charge in [-0.3, -0.25) is 0 Å². The molecule has 0 aromatic heterocycles. The summed E-state index contributed by atoms with van der Waals surface area (Å²) in [5, 5.41) is 1.81. The van der Waals surface area contributed by atoms with Crippen molar-refractivity contribution in [1.29, 1.82) is 0 Å². The zero-order chi connectivity index (χ0) is 20.0. The minimum absolute atomic E-state index is 0. The van der Waals surface area contributed by atoms with E-state index in [1.807, 2.05) is 0 Å². The van der Waals surface area contributed by atoms with Gasteiger partial charge in [0.2, 0.25) is 0 Å². The van der Waals surface area contributed by atoms with Crippen LogP contribution < -0.4 is 8.51 Å². The van der Waals surface area contributed by atoms with E-state index in [4.69, 9.17) is 3.32 Å². The van der Waals surface area contributed by atoms with Crippen LogP contribution in [0, 0.1) is 12.8 Å². The molecule has 1 aromatic carbocycles. The fraction of sp³-hybridized carbons (Fsp3) is 0.522. The van der Waals surface area contributed by atoms with E-state index >= 15 is 0 Å². The zero-order valence-corrected chi connectivity index (χ0v) is 23.4. The van der Waals surface area contributed by atoms with Gasteiger partial charge in [-0.25, -0.2) is 0 Å². The molecule has 2 rings (SSSR count). The summed E-state index contributed by atoms with van der Waals surface area (Å²) in [4.78, 5) is 4.53. The third-order valence-electron chi connectivity index (χ3n) is 6.83. The summed E-state index contributed by atoms with van der Waals surface area (Å²) in [5.74, 6) is 1.52. The molecular formula is C23H38Cl2OSiTi. The molecule has 0 aliphatic heterocycles. The molecule has 0 spiro atoms. The van der Waals surface area contributed by atoms with Gasteiger partial charge in [-0.15, -0.1) is 24.8 Å². The number of allylic oxidation sites excluding steroid dienone is 4. The van der Waals surface area contributed by atoms with Crippen LogP contribution in [0.4, 0.5) is 0 Å². The molecule has 0 radical (unpaired) electrons. The Morgan fingerprint density at radius 2 is 1.50 bits per heavy atom. The van der Waals surface area contributed by atoms with Crippen molar-refractivity contribution < 1.29 is 21.1 Å². The Kier molecular flexibility index (Phi) is 9.75. The third-order valence-corrected chi connectivity index (χ3v) is 15.3. The van der Waals surface area contributed by atoms with Gasteiger partial charge in [0.25, 0.3) is 0 Å². The Labute approximate surface area is 192 Å². The second-order valence-corrected chi connectivity index (χ2v) is 17.3. The molecule has 1 nitrogen and oxygen atoms in total. The summed E-state index contributed by atoms with van der Waals surface area (Å²) in [7, 11) is -1.58. The molecule has 1 atom stereocenters. The average Bonchev–Trinajstić information content (AvgIpc) is 2.69. The first-order valence-corrected chi connectivity index (χ1v) is 15.2. The van der Waals surface area contributed by atoms with Crippen molar-refractivity contribution in [2.75, 3.05) is 0 Å². The molecule has 1 aromatic rings. The standard InChI is InChI=1S/C13H22OSi.C9H13.CH2.2ClH.Ti/c1-10-7-11(14)9-12(8-10)15(5,6)13(2,3)4;1-6-5-7(2)9(4)8(6)3;;;;/h7-9,14H,1-6H3;6H,1-4H3;1H2;2*1H;/q;;;;;+1/p-1. The van der Waals surface area contributed by atoms with E-state index in [1.165, 1.54) is 31.3 Å². The normalized spacial score (nSPS) is 17.3. The number of halogens is 2. The van der Waals surface area contributed by atoms with E-state index in [1.54, 1.807) is 0 Å². The van der Waals surface area contributed by atoms with Gasteiger partial charge in [-0.2, -0.15) is 0 Å². The number of hydrogen-bond donors (Lipinski definition) is 0. The fourth-order valence-electron chi connectivity index (χ4n) is 3.61. The molecule has 0 saturated heterocycles. The number of benzene rings is 1. The molecule has 1 unspecified atom stereocenters. The van der Waals surface area contributed by atoms with E-state index in [0.717, 1.165) is 5.75 Å². The van der Waals surface area contributed by atoms with Crippen LogP contribution in [-0.2, 0) is 17.8 Å². The van der Waals surface area contributed by atoms with E-state index < -0.39 is 25.9 Å². The van der Waals surface area contributed by atoms with E-state index in [9.17, 15) is 0 Å². The summed E-state index contributed by atoms with van der Waals surface area (Å²) in [6.07, 6.45) is 0. The van der Waals surface area contributed by atoms with Crippen LogP contribution in [0.25, 0.3) is 0 Å². The summed E-state index contributed by atoms with van der Waals surface area (Å²) in [6.45, 7) is 23.3. The van der Waals surface area contributed by atoms with Crippen LogP contribution in [0.2, 0.25) is 18.1 Å². The minimum atomic E-state index is -2.02. The van der Waals surface area contributed by atoms with Crippen LogP contribution in [0.15, 0.2) is 38.8 Å². The van der Waals surface area contributed by atoms with Crippen LogP contribution in [0.1, 0.15) is 54.0 Å². The van der Waals surface area contributed by atoms with Crippen molar-refractivity contribution in [3.63, 3.8) is 0 Å². The van der Waals surface area contributed by atoms with Crippen LogP contribution in [0.5, 0.6) is 5.75 Å². The van der Waals surface area contributed by atoms with Gasteiger partial charge >= 0.3 is 169 Å². The molecule has 0 amide bonds. The van der Waals surface area contributed by atoms with Crippen molar-refractivity contribution in [3.8, 4) is 5.75 Å². The maximum atomic E-state index is 6.56. The van der Waals surface area contributed by atoms with E-state index in [-0.39, 0.29) is 24.8 Å². The van der Waals surface area contributed by atoms with Crippen molar-refractivity contribution in [2.24, 2.45) is 5.92 Å². The van der Waals surface area contributed by atoms with E-state index in [0.29, 0.717) is 11.0 Å². The Morgan fingerprint density at radius 1 is 0.964 bits per heavy atom. The van der Waals surface area contributed by atoms with Crippen LogP contribution in [0.3, 0.4) is 0 Å². The molecule has 0 heterocycles. The maximum absolute atomic E-state index is 6.56. The summed E-state index contributed by atoms with van der Waals surface area (Å²) in [6, 6.07) is 6.87. The Balaban J connectivity index is 0.00000364. The number of rotatable bonds is 4. The molecule has 0 bridgehead atoms. The predicted molar refractivity (Wildman–Crippen MR) is 130 cm³/mol. The van der Waals surface area contributed by atoms with Gasteiger partial charge in [0.05, 0.1) is 0 Å².